The number of likely N-dealkylation sites (tertiary alicyclic amines) is 1. The third kappa shape index (κ3) is 3.81. The highest BCUT2D eigenvalue weighted by Crippen LogP contribution is 2.20. The number of nitrogens with zero attached hydrogens (tertiary/aromatic N) is 3. The van der Waals surface area contributed by atoms with E-state index in [1.165, 1.54) is 12.3 Å². The number of aryl methyl sites for hydroxylation is 1. The largest absolute Gasteiger partial charge is 0.490 e. The van der Waals surface area contributed by atoms with Crippen LogP contribution >= 0.6 is 0 Å². The zero-order valence-electron chi connectivity index (χ0n) is 14.9. The molecule has 0 radical (unpaired) electrons. The van der Waals surface area contributed by atoms with Crippen molar-refractivity contribution < 1.29 is 13.9 Å². The summed E-state index contributed by atoms with van der Waals surface area (Å²) in [5.74, 6) is 0.900. The van der Waals surface area contributed by atoms with E-state index in [2.05, 4.69) is 9.97 Å². The molecule has 1 aromatic carbocycles. The van der Waals surface area contributed by atoms with Crippen LogP contribution in [0.1, 0.15) is 29.1 Å². The molecule has 1 aliphatic heterocycles. The number of carbonyl (C=O) groups is 1. The number of ether oxygens (including phenoxy) is 1. The van der Waals surface area contributed by atoms with E-state index in [0.717, 1.165) is 5.52 Å². The van der Waals surface area contributed by atoms with E-state index in [4.69, 9.17) is 9.15 Å². The van der Waals surface area contributed by atoms with Gasteiger partial charge in [0.25, 0.3) is 5.91 Å². The summed E-state index contributed by atoms with van der Waals surface area (Å²) < 4.78 is 10.8. The van der Waals surface area contributed by atoms with Crippen molar-refractivity contribution in [3.8, 4) is 5.75 Å². The van der Waals surface area contributed by atoms with Crippen LogP contribution in [0.3, 0.4) is 0 Å². The Balaban J connectivity index is 1.40. The van der Waals surface area contributed by atoms with Gasteiger partial charge in [-0.15, -0.1) is 0 Å². The van der Waals surface area contributed by atoms with E-state index in [9.17, 15) is 9.59 Å². The zero-order valence-corrected chi connectivity index (χ0v) is 14.9. The Labute approximate surface area is 155 Å². The van der Waals surface area contributed by atoms with Crippen molar-refractivity contribution in [1.82, 2.24) is 14.9 Å². The Morgan fingerprint density at radius 3 is 2.67 bits per heavy atom. The second kappa shape index (κ2) is 7.19. The van der Waals surface area contributed by atoms with Gasteiger partial charge in [0.2, 0.25) is 0 Å². The predicted octanol–water partition coefficient (Wildman–Crippen LogP) is 2.58. The Kier molecular flexibility index (Phi) is 4.58. The van der Waals surface area contributed by atoms with Crippen molar-refractivity contribution in [2.75, 3.05) is 13.1 Å². The first-order chi connectivity index (χ1) is 13.1. The minimum absolute atomic E-state index is 0.0436. The van der Waals surface area contributed by atoms with Crippen LogP contribution in [-0.2, 0) is 0 Å². The summed E-state index contributed by atoms with van der Waals surface area (Å²) in [5.41, 5.74) is 1.40. The van der Waals surface area contributed by atoms with Crippen molar-refractivity contribution in [3.63, 3.8) is 0 Å². The zero-order chi connectivity index (χ0) is 18.8. The van der Waals surface area contributed by atoms with Gasteiger partial charge < -0.3 is 14.1 Å². The van der Waals surface area contributed by atoms with Crippen LogP contribution in [-0.4, -0.2) is 40.0 Å². The van der Waals surface area contributed by atoms with Gasteiger partial charge in [-0.05, 0) is 19.1 Å². The number of hydrogen-bond acceptors (Lipinski definition) is 6. The van der Waals surface area contributed by atoms with Gasteiger partial charge in [-0.2, -0.15) is 0 Å². The molecule has 0 unspecified atom stereocenters. The van der Waals surface area contributed by atoms with Crippen LogP contribution in [0, 0.1) is 6.92 Å². The van der Waals surface area contributed by atoms with Gasteiger partial charge in [0.15, 0.2) is 0 Å². The summed E-state index contributed by atoms with van der Waals surface area (Å²) in [6.45, 7) is 2.84. The number of piperidine rings is 1. The number of hydrogen-bond donors (Lipinski definition) is 0. The third-order valence-corrected chi connectivity index (χ3v) is 4.57. The molecule has 2 aromatic heterocycles. The highest BCUT2D eigenvalue weighted by Gasteiger charge is 2.26. The van der Waals surface area contributed by atoms with E-state index in [-0.39, 0.29) is 12.0 Å². The number of para-hydroxylation sites is 2. The lowest BCUT2D eigenvalue weighted by molar-refractivity contribution is 0.0589. The van der Waals surface area contributed by atoms with E-state index >= 15 is 0 Å². The molecule has 0 N–H and O–H groups in total. The Hall–Kier alpha value is -3.22. The molecule has 1 saturated heterocycles. The molecule has 0 spiro atoms. The van der Waals surface area contributed by atoms with Crippen LogP contribution in [0.25, 0.3) is 11.0 Å². The van der Waals surface area contributed by atoms with Crippen molar-refractivity contribution in [2.45, 2.75) is 25.9 Å². The summed E-state index contributed by atoms with van der Waals surface area (Å²) in [4.78, 5) is 34.7. The van der Waals surface area contributed by atoms with Crippen molar-refractivity contribution in [2.24, 2.45) is 0 Å². The quantitative estimate of drug-likeness (QED) is 0.709. The van der Waals surface area contributed by atoms with Crippen LogP contribution in [0.5, 0.6) is 5.75 Å². The molecule has 7 heteroatoms. The standard InChI is InChI=1S/C20H19N3O4/c1-13-10-15(11-19(24)26-13)27-14-6-8-23(9-7-14)20(25)18-12-21-16-4-2-3-5-17(16)22-18/h2-5,10-12,14H,6-9H2,1H3. The second-order valence-corrected chi connectivity index (χ2v) is 6.58. The maximum atomic E-state index is 12.7. The molecular weight excluding hydrogens is 346 g/mol. The molecule has 27 heavy (non-hydrogen) atoms. The highest BCUT2D eigenvalue weighted by molar-refractivity contribution is 5.93. The molecule has 0 aliphatic carbocycles. The average Bonchev–Trinajstić information content (AvgIpc) is 2.67. The number of rotatable bonds is 3. The Morgan fingerprint density at radius 1 is 1.19 bits per heavy atom. The topological polar surface area (TPSA) is 85.5 Å². The van der Waals surface area contributed by atoms with Gasteiger partial charge >= 0.3 is 5.63 Å². The summed E-state index contributed by atoms with van der Waals surface area (Å²) in [5, 5.41) is 0. The average molecular weight is 365 g/mol. The van der Waals surface area contributed by atoms with Crippen LogP contribution in [0.4, 0.5) is 0 Å². The lowest BCUT2D eigenvalue weighted by Crippen LogP contribution is -2.42. The fraction of sp³-hybridized carbons (Fsp3) is 0.300. The summed E-state index contributed by atoms with van der Waals surface area (Å²) in [7, 11) is 0. The molecule has 0 saturated carbocycles. The summed E-state index contributed by atoms with van der Waals surface area (Å²) >= 11 is 0. The first-order valence-corrected chi connectivity index (χ1v) is 8.88. The number of aromatic nitrogens is 2. The Morgan fingerprint density at radius 2 is 1.93 bits per heavy atom. The number of amides is 1. The normalized spacial score (nSPS) is 15.1. The molecule has 7 nitrogen and oxygen atoms in total. The van der Waals surface area contributed by atoms with Gasteiger partial charge in [-0.1, -0.05) is 12.1 Å². The van der Waals surface area contributed by atoms with Gasteiger partial charge in [0, 0.05) is 32.0 Å². The van der Waals surface area contributed by atoms with E-state index in [0.29, 0.717) is 48.7 Å². The Bertz CT molecular complexity index is 1040. The van der Waals surface area contributed by atoms with Crippen LogP contribution < -0.4 is 10.4 Å². The first-order valence-electron chi connectivity index (χ1n) is 8.88. The fourth-order valence-corrected chi connectivity index (χ4v) is 3.24. The first kappa shape index (κ1) is 17.2. The smallest absolute Gasteiger partial charge is 0.339 e. The lowest BCUT2D eigenvalue weighted by Gasteiger charge is -2.32. The molecular formula is C20H19N3O4. The molecule has 0 bridgehead atoms. The molecule has 3 aromatic rings. The molecule has 138 valence electrons. The second-order valence-electron chi connectivity index (χ2n) is 6.58. The monoisotopic (exact) mass is 365 g/mol. The SMILES string of the molecule is Cc1cc(OC2CCN(C(=O)c3cnc4ccccc4n3)CC2)cc(=O)o1. The maximum absolute atomic E-state index is 12.7. The van der Waals surface area contributed by atoms with Crippen molar-refractivity contribution in [1.29, 1.82) is 0 Å². The van der Waals surface area contributed by atoms with Gasteiger partial charge in [0.1, 0.15) is 23.3 Å². The number of carbonyl (C=O) groups excluding carboxylic acids is 1. The van der Waals surface area contributed by atoms with E-state index in [1.54, 1.807) is 17.9 Å². The fourth-order valence-electron chi connectivity index (χ4n) is 3.24. The summed E-state index contributed by atoms with van der Waals surface area (Å²) in [6, 6.07) is 10.5. The van der Waals surface area contributed by atoms with E-state index < -0.39 is 5.63 Å². The molecule has 1 fully saturated rings. The minimum atomic E-state index is -0.424. The lowest BCUT2D eigenvalue weighted by atomic mass is 10.1. The van der Waals surface area contributed by atoms with Crippen LogP contribution in [0.2, 0.25) is 0 Å². The maximum Gasteiger partial charge on any atom is 0.339 e. The highest BCUT2D eigenvalue weighted by atomic mass is 16.5. The van der Waals surface area contributed by atoms with Crippen LogP contribution in [0.15, 0.2) is 51.8 Å². The molecule has 4 rings (SSSR count). The number of benzene rings is 1. The molecule has 3 heterocycles. The molecule has 1 amide bonds. The van der Waals surface area contributed by atoms with Gasteiger partial charge in [-0.25, -0.2) is 9.78 Å². The summed E-state index contributed by atoms with van der Waals surface area (Å²) in [6.07, 6.45) is 2.86. The number of fused-ring (bicyclic) bond motifs is 1. The molecule has 0 atom stereocenters. The minimum Gasteiger partial charge on any atom is -0.490 e. The van der Waals surface area contributed by atoms with Crippen molar-refractivity contribution in [3.05, 3.63) is 64.5 Å². The van der Waals surface area contributed by atoms with Gasteiger partial charge in [0.05, 0.1) is 23.3 Å². The molecule has 1 aliphatic rings. The third-order valence-electron chi connectivity index (χ3n) is 4.57. The van der Waals surface area contributed by atoms with E-state index in [1.807, 2.05) is 24.3 Å². The van der Waals surface area contributed by atoms with Gasteiger partial charge in [-0.3, -0.25) is 9.78 Å². The van der Waals surface area contributed by atoms with Crippen molar-refractivity contribution >= 4 is 16.9 Å². The predicted molar refractivity (Wildman–Crippen MR) is 98.8 cm³/mol.